The zero-order chi connectivity index (χ0) is 15.3. The van der Waals surface area contributed by atoms with Crippen LogP contribution in [0.25, 0.3) is 0 Å². The van der Waals surface area contributed by atoms with Crippen LogP contribution in [-0.4, -0.2) is 11.6 Å². The number of carbonyl (C=O) groups excluding carboxylic acids is 1. The fourth-order valence-corrected chi connectivity index (χ4v) is 3.21. The van der Waals surface area contributed by atoms with Gasteiger partial charge in [-0.25, -0.2) is 0 Å². The molecule has 19 heavy (non-hydrogen) atoms. The van der Waals surface area contributed by atoms with Gasteiger partial charge in [0.15, 0.2) is 0 Å². The van der Waals surface area contributed by atoms with E-state index in [1.165, 1.54) is 12.8 Å². The first-order valence-electron chi connectivity index (χ1n) is 7.82. The lowest BCUT2D eigenvalue weighted by Gasteiger charge is -2.40. The van der Waals surface area contributed by atoms with Crippen LogP contribution >= 0.6 is 0 Å². The van der Waals surface area contributed by atoms with E-state index in [2.05, 4.69) is 27.7 Å². The van der Waals surface area contributed by atoms with E-state index in [-0.39, 0.29) is 22.9 Å². The molecule has 0 heterocycles. The third-order valence-corrected chi connectivity index (χ3v) is 4.36. The lowest BCUT2D eigenvalue weighted by molar-refractivity contribution is -0.164. The Labute approximate surface area is 120 Å². The van der Waals surface area contributed by atoms with Crippen LogP contribution in [0.2, 0.25) is 0 Å². The van der Waals surface area contributed by atoms with E-state index in [1.807, 2.05) is 27.7 Å². The highest BCUT2D eigenvalue weighted by molar-refractivity contribution is 5.72. The summed E-state index contributed by atoms with van der Waals surface area (Å²) >= 11 is 0. The average molecular weight is 270 g/mol. The summed E-state index contributed by atoms with van der Waals surface area (Å²) in [6.45, 7) is 17.1. The molecule has 0 spiro atoms. The van der Waals surface area contributed by atoms with E-state index in [0.29, 0.717) is 5.92 Å². The van der Waals surface area contributed by atoms with Crippen molar-refractivity contribution < 1.29 is 9.53 Å². The number of ether oxygens (including phenoxy) is 1. The lowest BCUT2D eigenvalue weighted by atomic mass is 9.70. The van der Waals surface area contributed by atoms with E-state index in [4.69, 9.17) is 4.74 Å². The Morgan fingerprint density at radius 3 is 1.84 bits per heavy atom. The molecule has 2 heteroatoms. The Morgan fingerprint density at radius 1 is 1.00 bits per heavy atom. The van der Waals surface area contributed by atoms with Crippen LogP contribution in [0.15, 0.2) is 0 Å². The van der Waals surface area contributed by atoms with Gasteiger partial charge in [-0.1, -0.05) is 54.4 Å². The molecule has 0 aliphatic carbocycles. The van der Waals surface area contributed by atoms with Crippen molar-refractivity contribution in [2.24, 2.45) is 17.3 Å². The van der Waals surface area contributed by atoms with E-state index < -0.39 is 0 Å². The first-order valence-corrected chi connectivity index (χ1v) is 7.82. The summed E-state index contributed by atoms with van der Waals surface area (Å²) in [6, 6.07) is 0. The smallest absolute Gasteiger partial charge is 0.309 e. The summed E-state index contributed by atoms with van der Waals surface area (Å²) < 4.78 is 5.73. The SMILES string of the molecule is CCC(C)C(=O)OC(C)(C)CC(C)(C)C(CC)CC. The molecule has 114 valence electrons. The van der Waals surface area contributed by atoms with Crippen molar-refractivity contribution in [1.82, 2.24) is 0 Å². The summed E-state index contributed by atoms with van der Waals surface area (Å²) in [6.07, 6.45) is 4.11. The number of hydrogen-bond acceptors (Lipinski definition) is 2. The quantitative estimate of drug-likeness (QED) is 0.566. The van der Waals surface area contributed by atoms with E-state index in [1.54, 1.807) is 0 Å². The van der Waals surface area contributed by atoms with Crippen LogP contribution in [0.5, 0.6) is 0 Å². The first-order chi connectivity index (χ1) is 8.59. The van der Waals surface area contributed by atoms with Crippen LogP contribution in [0.3, 0.4) is 0 Å². The summed E-state index contributed by atoms with van der Waals surface area (Å²) in [5, 5.41) is 0. The number of esters is 1. The van der Waals surface area contributed by atoms with Gasteiger partial charge < -0.3 is 4.74 Å². The first kappa shape index (κ1) is 18.5. The molecule has 0 bridgehead atoms. The number of rotatable bonds is 8. The molecule has 2 nitrogen and oxygen atoms in total. The number of hydrogen-bond donors (Lipinski definition) is 0. The second-order valence-electron chi connectivity index (χ2n) is 7.17. The van der Waals surface area contributed by atoms with Crippen molar-refractivity contribution in [1.29, 1.82) is 0 Å². The van der Waals surface area contributed by atoms with Crippen LogP contribution < -0.4 is 0 Å². The maximum absolute atomic E-state index is 12.0. The summed E-state index contributed by atoms with van der Waals surface area (Å²) in [5.41, 5.74) is -0.185. The highest BCUT2D eigenvalue weighted by atomic mass is 16.6. The Bertz CT molecular complexity index is 275. The normalized spacial score (nSPS) is 14.6. The monoisotopic (exact) mass is 270 g/mol. The molecule has 0 N–H and O–H groups in total. The molecule has 0 aliphatic heterocycles. The van der Waals surface area contributed by atoms with Crippen molar-refractivity contribution in [2.75, 3.05) is 0 Å². The second-order valence-corrected chi connectivity index (χ2v) is 7.17. The Kier molecular flexibility index (Phi) is 7.10. The Morgan fingerprint density at radius 2 is 1.47 bits per heavy atom. The van der Waals surface area contributed by atoms with Gasteiger partial charge in [0.2, 0.25) is 0 Å². The average Bonchev–Trinajstić information content (AvgIpc) is 2.26. The van der Waals surface area contributed by atoms with Crippen molar-refractivity contribution in [2.45, 2.75) is 86.7 Å². The molecule has 0 aromatic rings. The molecule has 1 unspecified atom stereocenters. The zero-order valence-corrected chi connectivity index (χ0v) is 14.3. The second kappa shape index (κ2) is 7.31. The molecule has 0 amide bonds. The minimum atomic E-state index is -0.382. The van der Waals surface area contributed by atoms with Gasteiger partial charge in [0.05, 0.1) is 5.92 Å². The van der Waals surface area contributed by atoms with Crippen molar-refractivity contribution >= 4 is 5.97 Å². The molecule has 0 radical (unpaired) electrons. The van der Waals surface area contributed by atoms with Gasteiger partial charge in [-0.2, -0.15) is 0 Å². The van der Waals surface area contributed by atoms with E-state index in [9.17, 15) is 4.79 Å². The van der Waals surface area contributed by atoms with Gasteiger partial charge in [0.1, 0.15) is 5.60 Å². The molecule has 0 fully saturated rings. The van der Waals surface area contributed by atoms with Crippen molar-refractivity contribution in [3.05, 3.63) is 0 Å². The molecule has 0 rings (SSSR count). The predicted octanol–water partition coefficient (Wildman–Crippen LogP) is 5.21. The van der Waals surface area contributed by atoms with Gasteiger partial charge in [0.25, 0.3) is 0 Å². The van der Waals surface area contributed by atoms with Crippen LogP contribution in [0.4, 0.5) is 0 Å². The van der Waals surface area contributed by atoms with Crippen LogP contribution in [0, 0.1) is 17.3 Å². The summed E-state index contributed by atoms with van der Waals surface area (Å²) in [4.78, 5) is 12.0. The highest BCUT2D eigenvalue weighted by Gasteiger charge is 2.36. The van der Waals surface area contributed by atoms with Gasteiger partial charge >= 0.3 is 5.97 Å². The summed E-state index contributed by atoms with van der Waals surface area (Å²) in [7, 11) is 0. The molecular weight excluding hydrogens is 236 g/mol. The largest absolute Gasteiger partial charge is 0.459 e. The lowest BCUT2D eigenvalue weighted by Crippen LogP contribution is -2.38. The molecule has 0 aromatic carbocycles. The molecular formula is C17H34O2. The van der Waals surface area contributed by atoms with E-state index in [0.717, 1.165) is 12.8 Å². The van der Waals surface area contributed by atoms with Gasteiger partial charge in [-0.15, -0.1) is 0 Å². The maximum Gasteiger partial charge on any atom is 0.309 e. The molecule has 0 saturated heterocycles. The topological polar surface area (TPSA) is 26.3 Å². The molecule has 0 aliphatic rings. The maximum atomic E-state index is 12.0. The minimum Gasteiger partial charge on any atom is -0.459 e. The molecule has 1 atom stereocenters. The Balaban J connectivity index is 4.71. The third kappa shape index (κ3) is 5.97. The van der Waals surface area contributed by atoms with Crippen LogP contribution in [-0.2, 0) is 9.53 Å². The number of carbonyl (C=O) groups is 1. The van der Waals surface area contributed by atoms with Gasteiger partial charge in [0, 0.05) is 0 Å². The fraction of sp³-hybridized carbons (Fsp3) is 0.941. The van der Waals surface area contributed by atoms with Crippen LogP contribution in [0.1, 0.15) is 81.1 Å². The Hall–Kier alpha value is -0.530. The summed E-state index contributed by atoms with van der Waals surface area (Å²) in [5.74, 6) is 0.609. The fourth-order valence-electron chi connectivity index (χ4n) is 3.21. The molecule has 0 aromatic heterocycles. The van der Waals surface area contributed by atoms with Crippen molar-refractivity contribution in [3.8, 4) is 0 Å². The highest BCUT2D eigenvalue weighted by Crippen LogP contribution is 2.40. The molecule has 0 saturated carbocycles. The van der Waals surface area contributed by atoms with Gasteiger partial charge in [-0.05, 0) is 38.0 Å². The predicted molar refractivity (Wildman–Crippen MR) is 82.1 cm³/mol. The van der Waals surface area contributed by atoms with E-state index >= 15 is 0 Å². The zero-order valence-electron chi connectivity index (χ0n) is 14.3. The standard InChI is InChI=1S/C17H34O2/c1-9-13(4)15(18)19-17(7,8)12-16(5,6)14(10-2)11-3/h13-14H,9-12H2,1-8H3. The van der Waals surface area contributed by atoms with Crippen molar-refractivity contribution in [3.63, 3.8) is 0 Å². The third-order valence-electron chi connectivity index (χ3n) is 4.36. The van der Waals surface area contributed by atoms with Gasteiger partial charge in [-0.3, -0.25) is 4.79 Å². The minimum absolute atomic E-state index is 0.00413.